The number of carbonyl (C=O) groups is 1. The molecule has 1 amide bonds. The molecule has 134 valence electrons. The van der Waals surface area contributed by atoms with Crippen molar-refractivity contribution in [2.75, 3.05) is 7.05 Å². The summed E-state index contributed by atoms with van der Waals surface area (Å²) in [5, 5.41) is 10.7. The van der Waals surface area contributed by atoms with E-state index in [0.717, 1.165) is 11.4 Å². The largest absolute Gasteiger partial charge is 0.378 e. The van der Waals surface area contributed by atoms with E-state index in [9.17, 15) is 9.90 Å². The van der Waals surface area contributed by atoms with Gasteiger partial charge in [-0.2, -0.15) is 0 Å². The Balaban J connectivity index is 1.70. The smallest absolute Gasteiger partial charge is 0.256 e. The Morgan fingerprint density at radius 2 is 1.88 bits per heavy atom. The van der Waals surface area contributed by atoms with Gasteiger partial charge in [-0.15, -0.1) is 0 Å². The van der Waals surface area contributed by atoms with Crippen LogP contribution in [0.5, 0.6) is 0 Å². The lowest BCUT2D eigenvalue weighted by molar-refractivity contribution is -0.139. The standard InChI is InChI=1S/C20H20ClN3O2/c1-23(20(26)19(25)16-9-5-6-10-17(16)21)14-18-22-11-12-24(18)13-15-7-3-2-4-8-15/h2-12,19,25H,13-14H2,1H3/t19-/m1/s1. The zero-order chi connectivity index (χ0) is 18.5. The summed E-state index contributed by atoms with van der Waals surface area (Å²) in [7, 11) is 1.64. The normalized spacial score (nSPS) is 12.0. The number of rotatable bonds is 6. The van der Waals surface area contributed by atoms with E-state index in [0.29, 0.717) is 23.7 Å². The van der Waals surface area contributed by atoms with Crippen LogP contribution in [0.4, 0.5) is 0 Å². The highest BCUT2D eigenvalue weighted by molar-refractivity contribution is 6.31. The fraction of sp³-hybridized carbons (Fsp3) is 0.200. The van der Waals surface area contributed by atoms with Crippen molar-refractivity contribution in [1.82, 2.24) is 14.5 Å². The van der Waals surface area contributed by atoms with E-state index in [-0.39, 0.29) is 0 Å². The summed E-state index contributed by atoms with van der Waals surface area (Å²) in [6.07, 6.45) is 2.29. The predicted molar refractivity (Wildman–Crippen MR) is 101 cm³/mol. The van der Waals surface area contributed by atoms with Crippen LogP contribution in [0, 0.1) is 0 Å². The molecule has 3 aromatic rings. The van der Waals surface area contributed by atoms with Crippen LogP contribution in [0.25, 0.3) is 0 Å². The number of hydrogen-bond acceptors (Lipinski definition) is 3. The van der Waals surface area contributed by atoms with Crippen LogP contribution < -0.4 is 0 Å². The van der Waals surface area contributed by atoms with Crippen LogP contribution in [0.3, 0.4) is 0 Å². The first-order valence-corrected chi connectivity index (χ1v) is 8.65. The average molecular weight is 370 g/mol. The Kier molecular flexibility index (Phi) is 5.71. The zero-order valence-electron chi connectivity index (χ0n) is 14.4. The Hall–Kier alpha value is -2.63. The molecule has 1 N–H and O–H groups in total. The van der Waals surface area contributed by atoms with E-state index in [1.807, 2.05) is 41.1 Å². The summed E-state index contributed by atoms with van der Waals surface area (Å²) in [4.78, 5) is 18.4. The SMILES string of the molecule is CN(Cc1nccn1Cc1ccccc1)C(=O)[C@H](O)c1ccccc1Cl. The number of aliphatic hydroxyl groups excluding tert-OH is 1. The number of aliphatic hydroxyl groups is 1. The van der Waals surface area contributed by atoms with Crippen molar-refractivity contribution in [3.63, 3.8) is 0 Å². The third-order valence-electron chi connectivity index (χ3n) is 4.19. The molecule has 0 aliphatic carbocycles. The second-order valence-corrected chi connectivity index (χ2v) is 6.48. The maximum Gasteiger partial charge on any atom is 0.256 e. The highest BCUT2D eigenvalue weighted by Gasteiger charge is 2.24. The molecule has 1 aromatic heterocycles. The topological polar surface area (TPSA) is 58.4 Å². The molecular formula is C20H20ClN3O2. The number of hydrogen-bond donors (Lipinski definition) is 1. The number of imidazole rings is 1. The molecule has 1 atom stereocenters. The molecule has 0 saturated carbocycles. The van der Waals surface area contributed by atoms with Crippen LogP contribution in [-0.2, 0) is 17.9 Å². The average Bonchev–Trinajstić information content (AvgIpc) is 3.08. The van der Waals surface area contributed by atoms with E-state index < -0.39 is 12.0 Å². The van der Waals surface area contributed by atoms with Gasteiger partial charge in [0.15, 0.2) is 6.10 Å². The minimum absolute atomic E-state index is 0.292. The maximum atomic E-state index is 12.6. The van der Waals surface area contributed by atoms with Crippen molar-refractivity contribution >= 4 is 17.5 Å². The van der Waals surface area contributed by atoms with E-state index in [1.54, 1.807) is 37.5 Å². The highest BCUT2D eigenvalue weighted by atomic mass is 35.5. The molecule has 1 heterocycles. The van der Waals surface area contributed by atoms with Gasteiger partial charge in [-0.1, -0.05) is 60.1 Å². The van der Waals surface area contributed by atoms with E-state index in [4.69, 9.17) is 11.6 Å². The minimum atomic E-state index is -1.30. The van der Waals surface area contributed by atoms with E-state index in [1.165, 1.54) is 4.90 Å². The first-order valence-electron chi connectivity index (χ1n) is 8.27. The van der Waals surface area contributed by atoms with Crippen molar-refractivity contribution in [1.29, 1.82) is 0 Å². The van der Waals surface area contributed by atoms with Crippen molar-refractivity contribution < 1.29 is 9.90 Å². The lowest BCUT2D eigenvalue weighted by atomic mass is 10.1. The summed E-state index contributed by atoms with van der Waals surface area (Å²) in [6.45, 7) is 0.964. The quantitative estimate of drug-likeness (QED) is 0.725. The van der Waals surface area contributed by atoms with Crippen LogP contribution in [0.2, 0.25) is 5.02 Å². The zero-order valence-corrected chi connectivity index (χ0v) is 15.2. The van der Waals surface area contributed by atoms with Gasteiger partial charge in [0.1, 0.15) is 5.82 Å². The molecule has 0 radical (unpaired) electrons. The second-order valence-electron chi connectivity index (χ2n) is 6.08. The molecule has 0 fully saturated rings. The summed E-state index contributed by atoms with van der Waals surface area (Å²) < 4.78 is 1.99. The fourth-order valence-electron chi connectivity index (χ4n) is 2.74. The number of benzene rings is 2. The number of amides is 1. The van der Waals surface area contributed by atoms with Crippen LogP contribution in [-0.4, -0.2) is 32.5 Å². The second kappa shape index (κ2) is 8.17. The molecule has 0 bridgehead atoms. The van der Waals surface area contributed by atoms with E-state index >= 15 is 0 Å². The van der Waals surface area contributed by atoms with Crippen molar-refractivity contribution in [3.05, 3.63) is 89.0 Å². The van der Waals surface area contributed by atoms with Gasteiger partial charge in [-0.05, 0) is 11.6 Å². The Morgan fingerprint density at radius 3 is 2.62 bits per heavy atom. The van der Waals surface area contributed by atoms with Gasteiger partial charge >= 0.3 is 0 Å². The first-order chi connectivity index (χ1) is 12.6. The minimum Gasteiger partial charge on any atom is -0.378 e. The predicted octanol–water partition coefficient (Wildman–Crippen LogP) is 3.28. The number of nitrogens with zero attached hydrogens (tertiary/aromatic N) is 3. The lowest BCUT2D eigenvalue weighted by Gasteiger charge is -2.21. The Labute approximate surface area is 157 Å². The highest BCUT2D eigenvalue weighted by Crippen LogP contribution is 2.24. The molecule has 3 rings (SSSR count). The third-order valence-corrected chi connectivity index (χ3v) is 4.53. The summed E-state index contributed by atoms with van der Waals surface area (Å²) in [5.41, 5.74) is 1.55. The van der Waals surface area contributed by atoms with Crippen LogP contribution in [0.1, 0.15) is 23.1 Å². The number of halogens is 1. The molecule has 0 aliphatic heterocycles. The number of likely N-dealkylation sites (N-methyl/N-ethyl adjacent to an activating group) is 1. The number of carbonyl (C=O) groups excluding carboxylic acids is 1. The van der Waals surface area contributed by atoms with Crippen molar-refractivity contribution in [2.45, 2.75) is 19.2 Å². The molecule has 26 heavy (non-hydrogen) atoms. The molecule has 0 spiro atoms. The van der Waals surface area contributed by atoms with Gasteiger partial charge in [0.2, 0.25) is 0 Å². The molecule has 0 saturated heterocycles. The van der Waals surface area contributed by atoms with Gasteiger partial charge < -0.3 is 14.6 Å². The molecule has 2 aromatic carbocycles. The first kappa shape index (κ1) is 18.2. The van der Waals surface area contributed by atoms with E-state index in [2.05, 4.69) is 4.98 Å². The van der Waals surface area contributed by atoms with Crippen LogP contribution >= 0.6 is 11.6 Å². The Morgan fingerprint density at radius 1 is 1.19 bits per heavy atom. The van der Waals surface area contributed by atoms with Crippen molar-refractivity contribution in [3.8, 4) is 0 Å². The fourth-order valence-corrected chi connectivity index (χ4v) is 2.98. The molecule has 5 nitrogen and oxygen atoms in total. The number of aromatic nitrogens is 2. The van der Waals surface area contributed by atoms with Gasteiger partial charge in [-0.3, -0.25) is 4.79 Å². The monoisotopic (exact) mass is 369 g/mol. The molecule has 6 heteroatoms. The Bertz CT molecular complexity index is 880. The van der Waals surface area contributed by atoms with Crippen LogP contribution in [0.15, 0.2) is 67.0 Å². The molecular weight excluding hydrogens is 350 g/mol. The summed E-state index contributed by atoms with van der Waals surface area (Å²) >= 11 is 6.08. The summed E-state index contributed by atoms with van der Waals surface area (Å²) in [5.74, 6) is 0.323. The van der Waals surface area contributed by atoms with Gasteiger partial charge in [-0.25, -0.2) is 4.98 Å². The lowest BCUT2D eigenvalue weighted by Crippen LogP contribution is -2.32. The molecule has 0 unspecified atom stereocenters. The molecule has 0 aliphatic rings. The van der Waals surface area contributed by atoms with Gasteiger partial charge in [0.05, 0.1) is 6.54 Å². The van der Waals surface area contributed by atoms with Gasteiger partial charge in [0.25, 0.3) is 5.91 Å². The third kappa shape index (κ3) is 4.12. The summed E-state index contributed by atoms with van der Waals surface area (Å²) in [6, 6.07) is 16.8. The maximum absolute atomic E-state index is 12.6. The van der Waals surface area contributed by atoms with Gasteiger partial charge in [0, 0.05) is 36.6 Å². The van der Waals surface area contributed by atoms with Crippen molar-refractivity contribution in [2.24, 2.45) is 0 Å².